The van der Waals surface area contributed by atoms with Crippen molar-refractivity contribution < 1.29 is 4.21 Å². The second-order valence-electron chi connectivity index (χ2n) is 5.28. The van der Waals surface area contributed by atoms with Crippen LogP contribution in [0.3, 0.4) is 0 Å². The average Bonchev–Trinajstić information content (AvgIpc) is 2.38. The van der Waals surface area contributed by atoms with Gasteiger partial charge in [0.05, 0.1) is 0 Å². The Bertz CT molecular complexity index is 702. The molecule has 112 valence electrons. The van der Waals surface area contributed by atoms with Crippen molar-refractivity contribution in [3.8, 4) is 0 Å². The number of nitrogen functional groups attached to an aromatic ring is 1. The molecule has 5 heteroatoms. The molecule has 0 spiro atoms. The van der Waals surface area contributed by atoms with Gasteiger partial charge in [-0.25, -0.2) is 0 Å². The number of hydrogen-bond donors (Lipinski definition) is 1. The average molecular weight is 304 g/mol. The summed E-state index contributed by atoms with van der Waals surface area (Å²) in [6, 6.07) is 9.21. The first-order valence-corrected chi connectivity index (χ1v) is 8.31. The van der Waals surface area contributed by atoms with E-state index in [1.165, 1.54) is 21.8 Å². The quantitative estimate of drug-likeness (QED) is 0.919. The summed E-state index contributed by atoms with van der Waals surface area (Å²) < 4.78 is 13.7. The molecule has 0 radical (unpaired) electrons. The van der Waals surface area contributed by atoms with E-state index in [-0.39, 0.29) is 5.56 Å². The summed E-state index contributed by atoms with van der Waals surface area (Å²) in [5.74, 6) is 0.954. The molecule has 0 aliphatic heterocycles. The number of benzene rings is 1. The molecule has 1 heterocycles. The third-order valence-electron chi connectivity index (χ3n) is 3.18. The van der Waals surface area contributed by atoms with Gasteiger partial charge in [-0.05, 0) is 25.5 Å². The molecular weight excluding hydrogens is 284 g/mol. The molecule has 0 amide bonds. The van der Waals surface area contributed by atoms with Crippen LogP contribution < -0.4 is 11.3 Å². The van der Waals surface area contributed by atoms with Crippen LogP contribution in [0, 0.1) is 13.8 Å². The lowest BCUT2D eigenvalue weighted by atomic mass is 10.1. The molecule has 0 saturated carbocycles. The van der Waals surface area contributed by atoms with Crippen LogP contribution >= 0.6 is 0 Å². The number of hydrogen-bond acceptors (Lipinski definition) is 3. The second kappa shape index (κ2) is 6.72. The maximum absolute atomic E-state index is 12.2. The predicted octanol–water partition coefficient (Wildman–Crippen LogP) is 2.00. The Morgan fingerprint density at radius 1 is 1.14 bits per heavy atom. The summed E-state index contributed by atoms with van der Waals surface area (Å²) in [5.41, 5.74) is 9.50. The first kappa shape index (κ1) is 15.5. The van der Waals surface area contributed by atoms with E-state index >= 15 is 0 Å². The van der Waals surface area contributed by atoms with E-state index in [1.54, 1.807) is 12.3 Å². The molecular formula is C16H20N2O2S. The molecule has 21 heavy (non-hydrogen) atoms. The van der Waals surface area contributed by atoms with E-state index < -0.39 is 10.8 Å². The molecule has 1 unspecified atom stereocenters. The lowest BCUT2D eigenvalue weighted by Crippen LogP contribution is -2.22. The Labute approximate surface area is 127 Å². The van der Waals surface area contributed by atoms with Crippen LogP contribution in [0.2, 0.25) is 0 Å². The van der Waals surface area contributed by atoms with E-state index in [4.69, 9.17) is 5.73 Å². The molecule has 0 saturated heterocycles. The highest BCUT2D eigenvalue weighted by Crippen LogP contribution is 2.11. The molecule has 2 rings (SSSR count). The Morgan fingerprint density at radius 2 is 1.81 bits per heavy atom. The zero-order valence-electron chi connectivity index (χ0n) is 12.3. The minimum Gasteiger partial charge on any atom is -0.398 e. The van der Waals surface area contributed by atoms with Gasteiger partial charge in [-0.1, -0.05) is 29.3 Å². The smallest absolute Gasteiger partial charge is 0.250 e. The van der Waals surface area contributed by atoms with Gasteiger partial charge in [-0.3, -0.25) is 9.00 Å². The van der Waals surface area contributed by atoms with Gasteiger partial charge < -0.3 is 10.3 Å². The Kier molecular flexibility index (Phi) is 4.96. The number of rotatable bonds is 5. The summed E-state index contributed by atoms with van der Waals surface area (Å²) in [6.45, 7) is 4.48. The number of nitrogens with two attached hydrogens (primary N) is 1. The van der Waals surface area contributed by atoms with Gasteiger partial charge in [0.15, 0.2) is 0 Å². The predicted molar refractivity (Wildman–Crippen MR) is 87.7 cm³/mol. The van der Waals surface area contributed by atoms with Crippen LogP contribution in [-0.2, 0) is 23.1 Å². The number of aryl methyl sites for hydroxylation is 3. The molecule has 1 aromatic heterocycles. The lowest BCUT2D eigenvalue weighted by molar-refractivity contribution is 0.669. The fraction of sp³-hybridized carbons (Fsp3) is 0.312. The molecule has 0 bridgehead atoms. The summed E-state index contributed by atoms with van der Waals surface area (Å²) >= 11 is 0. The monoisotopic (exact) mass is 304 g/mol. The van der Waals surface area contributed by atoms with Gasteiger partial charge in [0.2, 0.25) is 0 Å². The van der Waals surface area contributed by atoms with Crippen LogP contribution in [0.15, 0.2) is 41.3 Å². The van der Waals surface area contributed by atoms with Crippen LogP contribution in [-0.4, -0.2) is 14.5 Å². The van der Waals surface area contributed by atoms with E-state index in [2.05, 4.69) is 18.2 Å². The van der Waals surface area contributed by atoms with Crippen molar-refractivity contribution in [2.45, 2.75) is 26.1 Å². The first-order chi connectivity index (χ1) is 9.94. The third-order valence-corrected chi connectivity index (χ3v) is 4.47. The fourth-order valence-electron chi connectivity index (χ4n) is 2.34. The first-order valence-electron chi connectivity index (χ1n) is 6.82. The highest BCUT2D eigenvalue weighted by atomic mass is 32.2. The zero-order valence-corrected chi connectivity index (χ0v) is 13.2. The second-order valence-corrected chi connectivity index (χ2v) is 6.85. The van der Waals surface area contributed by atoms with Crippen molar-refractivity contribution in [2.24, 2.45) is 0 Å². The molecule has 4 nitrogen and oxygen atoms in total. The normalized spacial score (nSPS) is 12.3. The minimum absolute atomic E-state index is 0.118. The zero-order chi connectivity index (χ0) is 15.4. The van der Waals surface area contributed by atoms with Crippen molar-refractivity contribution in [3.63, 3.8) is 0 Å². The molecule has 0 fully saturated rings. The lowest BCUT2D eigenvalue weighted by Gasteiger charge is -2.08. The Morgan fingerprint density at radius 3 is 2.48 bits per heavy atom. The van der Waals surface area contributed by atoms with Gasteiger partial charge in [0.1, 0.15) is 0 Å². The van der Waals surface area contributed by atoms with E-state index in [1.807, 2.05) is 13.8 Å². The van der Waals surface area contributed by atoms with Crippen LogP contribution in [0.5, 0.6) is 0 Å². The highest BCUT2D eigenvalue weighted by molar-refractivity contribution is 7.84. The van der Waals surface area contributed by atoms with Gasteiger partial charge >= 0.3 is 0 Å². The van der Waals surface area contributed by atoms with Crippen LogP contribution in [0.4, 0.5) is 5.69 Å². The van der Waals surface area contributed by atoms with Crippen LogP contribution in [0.1, 0.15) is 16.7 Å². The van der Waals surface area contributed by atoms with Crippen LogP contribution in [0.25, 0.3) is 0 Å². The molecule has 0 aliphatic rings. The maximum atomic E-state index is 12.2. The molecule has 1 aromatic carbocycles. The van der Waals surface area contributed by atoms with Crippen molar-refractivity contribution in [2.75, 3.05) is 11.5 Å². The topological polar surface area (TPSA) is 65.1 Å². The maximum Gasteiger partial charge on any atom is 0.250 e. The van der Waals surface area contributed by atoms with Crippen molar-refractivity contribution in [1.82, 2.24) is 4.57 Å². The Hall–Kier alpha value is -1.88. The van der Waals surface area contributed by atoms with Gasteiger partial charge in [-0.2, -0.15) is 0 Å². The van der Waals surface area contributed by atoms with Gasteiger partial charge in [0, 0.05) is 46.8 Å². The molecule has 0 aliphatic carbocycles. The fourth-order valence-corrected chi connectivity index (χ4v) is 3.42. The molecule has 1 atom stereocenters. The van der Waals surface area contributed by atoms with Gasteiger partial charge in [-0.15, -0.1) is 0 Å². The summed E-state index contributed by atoms with van der Waals surface area (Å²) in [4.78, 5) is 11.6. The minimum atomic E-state index is -1.00. The number of aromatic nitrogens is 1. The number of nitrogens with zero attached hydrogens (tertiary/aromatic N) is 1. The summed E-state index contributed by atoms with van der Waals surface area (Å²) in [7, 11) is -1.00. The van der Waals surface area contributed by atoms with Gasteiger partial charge in [0.25, 0.3) is 5.56 Å². The van der Waals surface area contributed by atoms with Crippen molar-refractivity contribution in [1.29, 1.82) is 0 Å². The largest absolute Gasteiger partial charge is 0.398 e. The van der Waals surface area contributed by atoms with Crippen molar-refractivity contribution in [3.05, 3.63) is 63.6 Å². The number of pyridine rings is 1. The molecule has 2 N–H and O–H groups in total. The third kappa shape index (κ3) is 4.56. The Balaban J connectivity index is 1.99. The highest BCUT2D eigenvalue weighted by Gasteiger charge is 2.05. The standard InChI is InChI=1S/C16H20N2O2S/c1-12-7-13(2)9-14(8-12)11-21(20)6-5-18-10-15(17)3-4-16(18)19/h3-4,7-10H,5-6,11,17H2,1-2H3. The summed E-state index contributed by atoms with van der Waals surface area (Å²) in [6.07, 6.45) is 1.59. The van der Waals surface area contributed by atoms with E-state index in [0.717, 1.165) is 5.56 Å². The van der Waals surface area contributed by atoms with E-state index in [0.29, 0.717) is 23.7 Å². The van der Waals surface area contributed by atoms with E-state index in [9.17, 15) is 9.00 Å². The SMILES string of the molecule is Cc1cc(C)cc(CS(=O)CCn2cc(N)ccc2=O)c1. The molecule has 2 aromatic rings. The number of anilines is 1. The summed E-state index contributed by atoms with van der Waals surface area (Å²) in [5, 5.41) is 0. The van der Waals surface area contributed by atoms with Crippen molar-refractivity contribution >= 4 is 16.5 Å².